The number of ether oxygens (including phenoxy) is 1. The van der Waals surface area contributed by atoms with E-state index < -0.39 is 0 Å². The lowest BCUT2D eigenvalue weighted by atomic mass is 9.83. The zero-order valence-corrected chi connectivity index (χ0v) is 13.3. The molecule has 3 fully saturated rings. The molecule has 0 bridgehead atoms. The molecule has 2 atom stereocenters. The summed E-state index contributed by atoms with van der Waals surface area (Å²) >= 11 is 0. The molecule has 1 aliphatic heterocycles. The van der Waals surface area contributed by atoms with Gasteiger partial charge in [-0.3, -0.25) is 0 Å². The van der Waals surface area contributed by atoms with Crippen LogP contribution in [0.15, 0.2) is 0 Å². The smallest absolute Gasteiger partial charge is 0.0708 e. The summed E-state index contributed by atoms with van der Waals surface area (Å²) < 4.78 is 6.47. The van der Waals surface area contributed by atoms with Gasteiger partial charge < -0.3 is 10.1 Å². The highest BCUT2D eigenvalue weighted by atomic mass is 16.5. The van der Waals surface area contributed by atoms with Crippen LogP contribution in [-0.4, -0.2) is 24.3 Å². The fraction of sp³-hybridized carbons (Fsp3) is 1.00. The van der Waals surface area contributed by atoms with E-state index in [4.69, 9.17) is 4.74 Å². The number of nitrogens with one attached hydrogen (secondary N) is 1. The zero-order chi connectivity index (χ0) is 13.8. The lowest BCUT2D eigenvalue weighted by molar-refractivity contribution is -0.0632. The Labute approximate surface area is 125 Å². The van der Waals surface area contributed by atoms with Crippen LogP contribution in [0.2, 0.25) is 0 Å². The molecule has 3 aliphatic rings. The number of rotatable bonds is 4. The van der Waals surface area contributed by atoms with Crippen LogP contribution in [0.4, 0.5) is 0 Å². The molecule has 1 spiro atoms. The summed E-state index contributed by atoms with van der Waals surface area (Å²) in [6, 6.07) is 0.682. The van der Waals surface area contributed by atoms with Crippen molar-refractivity contribution in [3.05, 3.63) is 0 Å². The first-order chi connectivity index (χ1) is 9.77. The lowest BCUT2D eigenvalue weighted by Crippen LogP contribution is -2.40. The molecule has 0 aromatic carbocycles. The van der Waals surface area contributed by atoms with E-state index in [0.29, 0.717) is 17.7 Å². The average Bonchev–Trinajstić information content (AvgIpc) is 2.89. The van der Waals surface area contributed by atoms with Gasteiger partial charge in [-0.2, -0.15) is 0 Å². The summed E-state index contributed by atoms with van der Waals surface area (Å²) in [5.74, 6) is 0.911. The maximum Gasteiger partial charge on any atom is 0.0708 e. The largest absolute Gasteiger partial charge is 0.370 e. The van der Waals surface area contributed by atoms with Crippen LogP contribution in [0.3, 0.4) is 0 Å². The van der Waals surface area contributed by atoms with Crippen molar-refractivity contribution in [3.8, 4) is 0 Å². The minimum atomic E-state index is 0.290. The van der Waals surface area contributed by atoms with Gasteiger partial charge in [-0.1, -0.05) is 38.5 Å². The maximum atomic E-state index is 6.47. The van der Waals surface area contributed by atoms with E-state index in [1.54, 1.807) is 0 Å². The van der Waals surface area contributed by atoms with Crippen LogP contribution >= 0.6 is 0 Å². The molecule has 0 amide bonds. The second-order valence-electron chi connectivity index (χ2n) is 7.62. The van der Waals surface area contributed by atoms with Crippen molar-refractivity contribution in [3.63, 3.8) is 0 Å². The topological polar surface area (TPSA) is 21.3 Å². The molecule has 1 saturated heterocycles. The fourth-order valence-electron chi connectivity index (χ4n) is 4.72. The van der Waals surface area contributed by atoms with Gasteiger partial charge in [0, 0.05) is 12.6 Å². The van der Waals surface area contributed by atoms with E-state index >= 15 is 0 Å². The van der Waals surface area contributed by atoms with Crippen LogP contribution in [0.1, 0.15) is 84.0 Å². The minimum absolute atomic E-state index is 0.290. The molecule has 2 heteroatoms. The maximum absolute atomic E-state index is 6.47. The molecule has 2 nitrogen and oxygen atoms in total. The van der Waals surface area contributed by atoms with E-state index in [1.807, 2.05) is 0 Å². The van der Waals surface area contributed by atoms with Crippen molar-refractivity contribution in [1.82, 2.24) is 5.32 Å². The van der Waals surface area contributed by atoms with E-state index in [-0.39, 0.29) is 0 Å². The first-order valence-corrected chi connectivity index (χ1v) is 9.19. The van der Waals surface area contributed by atoms with Gasteiger partial charge in [-0.15, -0.1) is 0 Å². The third kappa shape index (κ3) is 3.57. The quantitative estimate of drug-likeness (QED) is 0.822. The highest BCUT2D eigenvalue weighted by Gasteiger charge is 2.40. The monoisotopic (exact) mass is 279 g/mol. The highest BCUT2D eigenvalue weighted by Crippen LogP contribution is 2.41. The Kier molecular flexibility index (Phi) is 5.04. The molecular weight excluding hydrogens is 246 g/mol. The van der Waals surface area contributed by atoms with Crippen molar-refractivity contribution in [2.75, 3.05) is 6.54 Å². The van der Waals surface area contributed by atoms with Crippen molar-refractivity contribution in [2.45, 2.75) is 102 Å². The molecule has 20 heavy (non-hydrogen) atoms. The Morgan fingerprint density at radius 3 is 2.40 bits per heavy atom. The molecule has 116 valence electrons. The van der Waals surface area contributed by atoms with Crippen molar-refractivity contribution in [2.24, 2.45) is 5.92 Å². The summed E-state index contributed by atoms with van der Waals surface area (Å²) in [4.78, 5) is 0. The zero-order valence-electron chi connectivity index (χ0n) is 13.3. The molecule has 1 N–H and O–H groups in total. The molecule has 1 heterocycles. The summed E-state index contributed by atoms with van der Waals surface area (Å²) in [6.45, 7) is 3.47. The Morgan fingerprint density at radius 1 is 0.950 bits per heavy atom. The van der Waals surface area contributed by atoms with E-state index in [1.165, 1.54) is 77.0 Å². The van der Waals surface area contributed by atoms with Gasteiger partial charge in [0.05, 0.1) is 11.7 Å². The van der Waals surface area contributed by atoms with Gasteiger partial charge in [0.15, 0.2) is 0 Å². The molecule has 0 radical (unpaired) electrons. The van der Waals surface area contributed by atoms with Crippen molar-refractivity contribution < 1.29 is 4.74 Å². The van der Waals surface area contributed by atoms with Gasteiger partial charge >= 0.3 is 0 Å². The number of hydrogen-bond donors (Lipinski definition) is 1. The van der Waals surface area contributed by atoms with Crippen molar-refractivity contribution >= 4 is 0 Å². The molecule has 3 rings (SSSR count). The number of hydrogen-bond acceptors (Lipinski definition) is 2. The molecule has 2 unspecified atom stereocenters. The van der Waals surface area contributed by atoms with E-state index in [0.717, 1.165) is 12.5 Å². The van der Waals surface area contributed by atoms with Gasteiger partial charge in [0.2, 0.25) is 0 Å². The Morgan fingerprint density at radius 2 is 1.65 bits per heavy atom. The minimum Gasteiger partial charge on any atom is -0.370 e. The predicted molar refractivity (Wildman–Crippen MR) is 84.0 cm³/mol. The summed E-state index contributed by atoms with van der Waals surface area (Å²) in [7, 11) is 0. The van der Waals surface area contributed by atoms with Gasteiger partial charge in [0.25, 0.3) is 0 Å². The van der Waals surface area contributed by atoms with Gasteiger partial charge in [-0.25, -0.2) is 0 Å². The first kappa shape index (κ1) is 14.8. The fourth-order valence-corrected chi connectivity index (χ4v) is 4.72. The average molecular weight is 279 g/mol. The lowest BCUT2D eigenvalue weighted by Gasteiger charge is -2.34. The molecule has 0 aromatic heterocycles. The third-order valence-corrected chi connectivity index (χ3v) is 6.13. The molecule has 0 aromatic rings. The normalized spacial score (nSPS) is 32.5. The summed E-state index contributed by atoms with van der Waals surface area (Å²) in [5.41, 5.74) is 0.290. The molecular formula is C18H33NO. The predicted octanol–water partition coefficient (Wildman–Crippen LogP) is 4.43. The third-order valence-electron chi connectivity index (χ3n) is 6.13. The first-order valence-electron chi connectivity index (χ1n) is 9.19. The SMILES string of the molecule is CC(NCC1CCC2(CCCCC2)O1)C1CCCCC1. The van der Waals surface area contributed by atoms with Crippen LogP contribution in [0, 0.1) is 5.92 Å². The summed E-state index contributed by atoms with van der Waals surface area (Å²) in [6.07, 6.45) is 17.1. The van der Waals surface area contributed by atoms with Crippen LogP contribution in [0.5, 0.6) is 0 Å². The summed E-state index contributed by atoms with van der Waals surface area (Å²) in [5, 5.41) is 3.79. The standard InChI is InChI=1S/C18H33NO/c1-15(16-8-4-2-5-9-16)19-14-17-10-13-18(20-17)11-6-3-7-12-18/h15-17,19H,2-14H2,1H3. The van der Waals surface area contributed by atoms with Crippen LogP contribution in [0.25, 0.3) is 0 Å². The van der Waals surface area contributed by atoms with Gasteiger partial charge in [-0.05, 0) is 51.4 Å². The molecule has 2 saturated carbocycles. The Balaban J connectivity index is 1.40. The highest BCUT2D eigenvalue weighted by molar-refractivity contribution is 4.92. The van der Waals surface area contributed by atoms with Crippen LogP contribution < -0.4 is 5.32 Å². The Hall–Kier alpha value is -0.0800. The van der Waals surface area contributed by atoms with Gasteiger partial charge in [0.1, 0.15) is 0 Å². The van der Waals surface area contributed by atoms with E-state index in [2.05, 4.69) is 12.2 Å². The second kappa shape index (κ2) is 6.79. The molecule has 2 aliphatic carbocycles. The van der Waals surface area contributed by atoms with E-state index in [9.17, 15) is 0 Å². The second-order valence-corrected chi connectivity index (χ2v) is 7.62. The van der Waals surface area contributed by atoms with Crippen molar-refractivity contribution in [1.29, 1.82) is 0 Å². The Bertz CT molecular complexity index is 292. The van der Waals surface area contributed by atoms with Crippen LogP contribution in [-0.2, 0) is 4.74 Å².